The number of carbonyl (C=O) groups excluding carboxylic acids is 1. The molecule has 6 nitrogen and oxygen atoms in total. The van der Waals surface area contributed by atoms with Crippen LogP contribution in [0.25, 0.3) is 6.08 Å². The van der Waals surface area contributed by atoms with Crippen molar-refractivity contribution in [2.75, 3.05) is 13.7 Å². The molecule has 0 saturated carbocycles. The summed E-state index contributed by atoms with van der Waals surface area (Å²) in [7, 11) is 1.48. The molecule has 0 spiro atoms. The number of benzene rings is 1. The number of nitriles is 2. The Balaban J connectivity index is 3.03. The summed E-state index contributed by atoms with van der Waals surface area (Å²) < 4.78 is 10.4. The SMILES string of the molecule is CC[C@H](C)NC(=O)/C(C#N)=C/c1ccc(OCC#N)c(OC)c1. The standard InChI is InChI=1S/C17H19N3O3/c1-4-12(2)20-17(21)14(11-19)9-13-5-6-15(23-8-7-18)16(10-13)22-3/h5-6,9-10,12H,4,8H2,1-3H3,(H,20,21)/b14-9+/t12-/m0/s1. The van der Waals surface area contributed by atoms with Gasteiger partial charge >= 0.3 is 0 Å². The first-order valence-corrected chi connectivity index (χ1v) is 7.16. The van der Waals surface area contributed by atoms with Crippen LogP contribution in [-0.2, 0) is 4.79 Å². The van der Waals surface area contributed by atoms with Crippen molar-refractivity contribution in [2.45, 2.75) is 26.3 Å². The molecule has 0 aliphatic rings. The van der Waals surface area contributed by atoms with Crippen molar-refractivity contribution >= 4 is 12.0 Å². The quantitative estimate of drug-likeness (QED) is 0.616. The van der Waals surface area contributed by atoms with E-state index >= 15 is 0 Å². The van der Waals surface area contributed by atoms with E-state index in [0.29, 0.717) is 17.1 Å². The maximum atomic E-state index is 12.0. The lowest BCUT2D eigenvalue weighted by atomic mass is 10.1. The van der Waals surface area contributed by atoms with Gasteiger partial charge in [0.15, 0.2) is 18.1 Å². The van der Waals surface area contributed by atoms with Crippen LogP contribution in [0.2, 0.25) is 0 Å². The molecule has 1 N–H and O–H groups in total. The van der Waals surface area contributed by atoms with E-state index in [1.807, 2.05) is 26.0 Å². The second-order valence-corrected chi connectivity index (χ2v) is 4.81. The summed E-state index contributed by atoms with van der Waals surface area (Å²) in [5.74, 6) is 0.438. The number of hydrogen-bond acceptors (Lipinski definition) is 5. The summed E-state index contributed by atoms with van der Waals surface area (Å²) >= 11 is 0. The highest BCUT2D eigenvalue weighted by atomic mass is 16.5. The van der Waals surface area contributed by atoms with Crippen molar-refractivity contribution in [2.24, 2.45) is 0 Å². The number of methoxy groups -OCH3 is 1. The van der Waals surface area contributed by atoms with Crippen LogP contribution in [-0.4, -0.2) is 25.7 Å². The van der Waals surface area contributed by atoms with Crippen molar-refractivity contribution in [1.82, 2.24) is 5.32 Å². The molecule has 0 aliphatic heterocycles. The molecule has 1 aromatic rings. The molecular weight excluding hydrogens is 294 g/mol. The molecule has 0 bridgehead atoms. The molecule has 1 amide bonds. The number of ether oxygens (including phenoxy) is 2. The second kappa shape index (κ2) is 9.11. The number of hydrogen-bond donors (Lipinski definition) is 1. The molecule has 0 aliphatic carbocycles. The van der Waals surface area contributed by atoms with Gasteiger partial charge in [-0.3, -0.25) is 4.79 Å². The fraction of sp³-hybridized carbons (Fsp3) is 0.353. The minimum absolute atomic E-state index is 0.00413. The van der Waals surface area contributed by atoms with Crippen LogP contribution in [0.4, 0.5) is 0 Å². The van der Waals surface area contributed by atoms with Gasteiger partial charge in [-0.1, -0.05) is 13.0 Å². The molecule has 0 heterocycles. The molecule has 23 heavy (non-hydrogen) atoms. The van der Waals surface area contributed by atoms with E-state index in [1.165, 1.54) is 13.2 Å². The summed E-state index contributed by atoms with van der Waals surface area (Å²) in [6, 6.07) is 8.72. The highest BCUT2D eigenvalue weighted by Gasteiger charge is 2.12. The first-order chi connectivity index (χ1) is 11.0. The zero-order valence-corrected chi connectivity index (χ0v) is 13.4. The third kappa shape index (κ3) is 5.37. The first kappa shape index (κ1) is 18.1. The minimum atomic E-state index is -0.411. The van der Waals surface area contributed by atoms with Gasteiger partial charge in [0.2, 0.25) is 0 Å². The zero-order valence-electron chi connectivity index (χ0n) is 13.4. The molecule has 0 unspecified atom stereocenters. The summed E-state index contributed by atoms with van der Waals surface area (Å²) in [5.41, 5.74) is 0.639. The van der Waals surface area contributed by atoms with Gasteiger partial charge in [0.25, 0.3) is 5.91 Å². The van der Waals surface area contributed by atoms with Gasteiger partial charge in [-0.15, -0.1) is 0 Å². The van der Waals surface area contributed by atoms with Gasteiger partial charge in [0.05, 0.1) is 7.11 Å². The zero-order chi connectivity index (χ0) is 17.2. The summed E-state index contributed by atoms with van der Waals surface area (Å²) in [4.78, 5) is 12.0. The maximum Gasteiger partial charge on any atom is 0.262 e. The van der Waals surface area contributed by atoms with Gasteiger partial charge in [-0.2, -0.15) is 10.5 Å². The van der Waals surface area contributed by atoms with Crippen molar-refractivity contribution in [3.05, 3.63) is 29.3 Å². The second-order valence-electron chi connectivity index (χ2n) is 4.81. The van der Waals surface area contributed by atoms with Crippen molar-refractivity contribution in [3.8, 4) is 23.6 Å². The highest BCUT2D eigenvalue weighted by Crippen LogP contribution is 2.28. The smallest absolute Gasteiger partial charge is 0.262 e. The molecule has 0 saturated heterocycles. The lowest BCUT2D eigenvalue weighted by molar-refractivity contribution is -0.117. The van der Waals surface area contributed by atoms with E-state index in [4.69, 9.17) is 20.0 Å². The molecule has 120 valence electrons. The van der Waals surface area contributed by atoms with Crippen molar-refractivity contribution in [1.29, 1.82) is 10.5 Å². The Morgan fingerprint density at radius 3 is 2.70 bits per heavy atom. The average molecular weight is 313 g/mol. The van der Waals surface area contributed by atoms with E-state index in [9.17, 15) is 4.79 Å². The Hall–Kier alpha value is -2.99. The average Bonchev–Trinajstić information content (AvgIpc) is 2.57. The Kier molecular flexibility index (Phi) is 7.16. The number of nitrogens with zero attached hydrogens (tertiary/aromatic N) is 2. The Morgan fingerprint density at radius 1 is 1.39 bits per heavy atom. The third-order valence-corrected chi connectivity index (χ3v) is 3.15. The molecule has 6 heteroatoms. The van der Waals surface area contributed by atoms with Crippen LogP contribution in [0.3, 0.4) is 0 Å². The third-order valence-electron chi connectivity index (χ3n) is 3.15. The summed E-state index contributed by atoms with van der Waals surface area (Å²) in [5, 5.41) is 20.5. The van der Waals surface area contributed by atoms with Gasteiger partial charge < -0.3 is 14.8 Å². The number of nitrogens with one attached hydrogen (secondary N) is 1. The molecule has 1 aromatic carbocycles. The molecule has 1 rings (SSSR count). The van der Waals surface area contributed by atoms with Crippen molar-refractivity contribution < 1.29 is 14.3 Å². The number of carbonyl (C=O) groups is 1. The molecule has 0 radical (unpaired) electrons. The topological polar surface area (TPSA) is 95.1 Å². The number of amides is 1. The molecular formula is C17H19N3O3. The Morgan fingerprint density at radius 2 is 2.13 bits per heavy atom. The monoisotopic (exact) mass is 313 g/mol. The van der Waals surface area contributed by atoms with Crippen LogP contribution in [0.5, 0.6) is 11.5 Å². The van der Waals surface area contributed by atoms with Crippen LogP contribution in [0.15, 0.2) is 23.8 Å². The largest absolute Gasteiger partial charge is 0.493 e. The predicted octanol–water partition coefficient (Wildman–Crippen LogP) is 2.42. The van der Waals surface area contributed by atoms with E-state index < -0.39 is 5.91 Å². The molecule has 0 aromatic heterocycles. The van der Waals surface area contributed by atoms with E-state index in [0.717, 1.165) is 6.42 Å². The van der Waals surface area contributed by atoms with Gasteiger partial charge in [0, 0.05) is 6.04 Å². The Bertz CT molecular complexity index is 669. The lowest BCUT2D eigenvalue weighted by Gasteiger charge is -2.11. The van der Waals surface area contributed by atoms with E-state index in [1.54, 1.807) is 18.2 Å². The van der Waals surface area contributed by atoms with Crippen molar-refractivity contribution in [3.63, 3.8) is 0 Å². The normalized spacial score (nSPS) is 11.8. The van der Waals surface area contributed by atoms with E-state index in [2.05, 4.69) is 5.32 Å². The minimum Gasteiger partial charge on any atom is -0.493 e. The summed E-state index contributed by atoms with van der Waals surface area (Å²) in [6.45, 7) is 3.73. The maximum absolute atomic E-state index is 12.0. The van der Waals surface area contributed by atoms with Gasteiger partial charge in [-0.05, 0) is 37.1 Å². The Labute approximate surface area is 135 Å². The molecule has 1 atom stereocenters. The fourth-order valence-electron chi connectivity index (χ4n) is 1.72. The van der Waals surface area contributed by atoms with Gasteiger partial charge in [-0.25, -0.2) is 0 Å². The lowest BCUT2D eigenvalue weighted by Crippen LogP contribution is -2.32. The van der Waals surface area contributed by atoms with Crippen LogP contribution < -0.4 is 14.8 Å². The number of rotatable bonds is 7. The van der Waals surface area contributed by atoms with E-state index in [-0.39, 0.29) is 18.2 Å². The van der Waals surface area contributed by atoms with Crippen LogP contribution >= 0.6 is 0 Å². The molecule has 0 fully saturated rings. The van der Waals surface area contributed by atoms with Gasteiger partial charge in [0.1, 0.15) is 17.7 Å². The fourth-order valence-corrected chi connectivity index (χ4v) is 1.72. The predicted molar refractivity (Wildman–Crippen MR) is 85.6 cm³/mol. The van der Waals surface area contributed by atoms with Crippen LogP contribution in [0.1, 0.15) is 25.8 Å². The highest BCUT2D eigenvalue weighted by molar-refractivity contribution is 6.01. The van der Waals surface area contributed by atoms with Crippen LogP contribution in [0, 0.1) is 22.7 Å². The first-order valence-electron chi connectivity index (χ1n) is 7.16. The summed E-state index contributed by atoms with van der Waals surface area (Å²) in [6.07, 6.45) is 2.26.